The van der Waals surface area contributed by atoms with Crippen LogP contribution in [0.1, 0.15) is 21.5 Å². The lowest BCUT2D eigenvalue weighted by Gasteiger charge is -1.99. The number of benzene rings is 1. The fourth-order valence-corrected chi connectivity index (χ4v) is 1.41. The number of alkyl halides is 1. The maximum atomic E-state index is 11.3. The number of Topliss-reactive ketones (excluding diaryl/α,β-unsaturated/α-hetero) is 1. The zero-order valence-corrected chi connectivity index (χ0v) is 8.76. The molecular formula is C10H8BrNO. The molecular weight excluding hydrogens is 230 g/mol. The minimum absolute atomic E-state index is 0.000185. The van der Waals surface area contributed by atoms with Crippen molar-refractivity contribution in [3.8, 4) is 6.07 Å². The van der Waals surface area contributed by atoms with Gasteiger partial charge in [0.2, 0.25) is 0 Å². The van der Waals surface area contributed by atoms with E-state index < -0.39 is 0 Å². The van der Waals surface area contributed by atoms with Crippen molar-refractivity contribution in [2.75, 3.05) is 5.33 Å². The average Bonchev–Trinajstić information content (AvgIpc) is 2.15. The summed E-state index contributed by atoms with van der Waals surface area (Å²) in [7, 11) is 0. The van der Waals surface area contributed by atoms with Crippen LogP contribution in [0.4, 0.5) is 0 Å². The van der Waals surface area contributed by atoms with Crippen LogP contribution in [0.2, 0.25) is 0 Å². The second-order valence-electron chi connectivity index (χ2n) is 2.76. The van der Waals surface area contributed by atoms with Crippen molar-refractivity contribution < 1.29 is 4.79 Å². The molecule has 0 heterocycles. The van der Waals surface area contributed by atoms with Crippen LogP contribution in [0.5, 0.6) is 0 Å². The average molecular weight is 238 g/mol. The predicted octanol–water partition coefficient (Wildman–Crippen LogP) is 2.44. The first kappa shape index (κ1) is 9.94. The van der Waals surface area contributed by atoms with Gasteiger partial charge in [-0.15, -0.1) is 0 Å². The summed E-state index contributed by atoms with van der Waals surface area (Å²) in [5.74, 6) is 0.000185. The summed E-state index contributed by atoms with van der Waals surface area (Å²) >= 11 is 3.09. The smallest absolute Gasteiger partial charge is 0.173 e. The van der Waals surface area contributed by atoms with E-state index >= 15 is 0 Å². The van der Waals surface area contributed by atoms with Crippen molar-refractivity contribution in [1.82, 2.24) is 0 Å². The van der Waals surface area contributed by atoms with E-state index in [0.29, 0.717) is 16.5 Å². The second-order valence-corrected chi connectivity index (χ2v) is 3.32. The van der Waals surface area contributed by atoms with Gasteiger partial charge in [0.05, 0.1) is 17.0 Å². The Morgan fingerprint density at radius 3 is 2.77 bits per heavy atom. The zero-order chi connectivity index (χ0) is 9.84. The molecule has 0 N–H and O–H groups in total. The van der Waals surface area contributed by atoms with Crippen molar-refractivity contribution in [3.63, 3.8) is 0 Å². The van der Waals surface area contributed by atoms with Crippen LogP contribution in [0, 0.1) is 18.3 Å². The van der Waals surface area contributed by atoms with Crippen molar-refractivity contribution in [2.24, 2.45) is 0 Å². The fourth-order valence-electron chi connectivity index (χ4n) is 1.09. The Kier molecular flexibility index (Phi) is 3.21. The number of carbonyl (C=O) groups is 1. The molecule has 0 saturated carbocycles. The van der Waals surface area contributed by atoms with Gasteiger partial charge in [0, 0.05) is 5.56 Å². The van der Waals surface area contributed by atoms with Crippen LogP contribution in [-0.2, 0) is 0 Å². The predicted molar refractivity (Wildman–Crippen MR) is 54.0 cm³/mol. The van der Waals surface area contributed by atoms with Crippen LogP contribution in [-0.4, -0.2) is 11.1 Å². The van der Waals surface area contributed by atoms with Crippen molar-refractivity contribution in [3.05, 3.63) is 34.9 Å². The van der Waals surface area contributed by atoms with Gasteiger partial charge in [-0.3, -0.25) is 4.79 Å². The third-order valence-electron chi connectivity index (χ3n) is 1.65. The Bertz CT molecular complexity index is 379. The number of rotatable bonds is 2. The molecule has 0 aliphatic carbocycles. The largest absolute Gasteiger partial charge is 0.293 e. The molecule has 0 atom stereocenters. The minimum atomic E-state index is 0.000185. The number of carbonyl (C=O) groups excluding carboxylic acids is 1. The third kappa shape index (κ3) is 2.40. The molecule has 3 heteroatoms. The summed E-state index contributed by atoms with van der Waals surface area (Å²) < 4.78 is 0. The highest BCUT2D eigenvalue weighted by atomic mass is 79.9. The maximum absolute atomic E-state index is 11.3. The topological polar surface area (TPSA) is 40.9 Å². The SMILES string of the molecule is Cc1cc(C#N)cc(C(=O)CBr)c1. The summed E-state index contributed by atoms with van der Waals surface area (Å²) in [6.45, 7) is 1.87. The molecule has 0 fully saturated rings. The first-order valence-electron chi connectivity index (χ1n) is 3.78. The minimum Gasteiger partial charge on any atom is -0.293 e. The summed E-state index contributed by atoms with van der Waals surface area (Å²) in [6, 6.07) is 7.16. The van der Waals surface area contributed by atoms with Crippen LogP contribution in [0.25, 0.3) is 0 Å². The Morgan fingerprint density at radius 2 is 2.23 bits per heavy atom. The van der Waals surface area contributed by atoms with E-state index in [-0.39, 0.29) is 5.78 Å². The van der Waals surface area contributed by atoms with Gasteiger partial charge >= 0.3 is 0 Å². The van der Waals surface area contributed by atoms with Crippen molar-refractivity contribution >= 4 is 21.7 Å². The molecule has 1 aromatic rings. The highest BCUT2D eigenvalue weighted by Crippen LogP contribution is 2.10. The summed E-state index contributed by atoms with van der Waals surface area (Å²) in [6.07, 6.45) is 0. The van der Waals surface area contributed by atoms with E-state index in [2.05, 4.69) is 15.9 Å². The number of nitriles is 1. The van der Waals surface area contributed by atoms with E-state index in [1.54, 1.807) is 18.2 Å². The molecule has 0 radical (unpaired) electrons. The Morgan fingerprint density at radius 1 is 1.54 bits per heavy atom. The second kappa shape index (κ2) is 4.20. The molecule has 0 aromatic heterocycles. The van der Waals surface area contributed by atoms with Gasteiger partial charge in [0.15, 0.2) is 5.78 Å². The Balaban J connectivity index is 3.17. The van der Waals surface area contributed by atoms with Gasteiger partial charge in [-0.05, 0) is 30.7 Å². The lowest BCUT2D eigenvalue weighted by molar-refractivity contribution is 0.102. The number of hydrogen-bond acceptors (Lipinski definition) is 2. The summed E-state index contributed by atoms with van der Waals surface area (Å²) in [5.41, 5.74) is 2.06. The molecule has 0 saturated heterocycles. The molecule has 0 bridgehead atoms. The number of nitrogens with zero attached hydrogens (tertiary/aromatic N) is 1. The number of aryl methyl sites for hydroxylation is 1. The first-order chi connectivity index (χ1) is 6.17. The fraction of sp³-hybridized carbons (Fsp3) is 0.200. The van der Waals surface area contributed by atoms with E-state index in [1.165, 1.54) is 0 Å². The van der Waals surface area contributed by atoms with Gasteiger partial charge in [-0.1, -0.05) is 15.9 Å². The molecule has 2 nitrogen and oxygen atoms in total. The number of ketones is 1. The van der Waals surface area contributed by atoms with E-state index in [9.17, 15) is 4.79 Å². The highest BCUT2D eigenvalue weighted by molar-refractivity contribution is 9.09. The molecule has 1 aromatic carbocycles. The lowest BCUT2D eigenvalue weighted by Crippen LogP contribution is -2.00. The molecule has 66 valence electrons. The van der Waals surface area contributed by atoms with E-state index in [0.717, 1.165) is 5.56 Å². The summed E-state index contributed by atoms with van der Waals surface area (Å²) in [4.78, 5) is 11.3. The summed E-state index contributed by atoms with van der Waals surface area (Å²) in [5, 5.41) is 8.96. The zero-order valence-electron chi connectivity index (χ0n) is 7.17. The van der Waals surface area contributed by atoms with Gasteiger partial charge in [-0.2, -0.15) is 5.26 Å². The standard InChI is InChI=1S/C10H8BrNO/c1-7-2-8(6-12)4-9(3-7)10(13)5-11/h2-4H,5H2,1H3. The molecule has 0 unspecified atom stereocenters. The normalized spacial score (nSPS) is 9.31. The van der Waals surface area contributed by atoms with Crippen LogP contribution >= 0.6 is 15.9 Å². The number of hydrogen-bond donors (Lipinski definition) is 0. The molecule has 0 aliphatic heterocycles. The molecule has 0 spiro atoms. The third-order valence-corrected chi connectivity index (χ3v) is 2.16. The Labute approximate surface area is 85.3 Å². The van der Waals surface area contributed by atoms with E-state index in [1.807, 2.05) is 13.0 Å². The molecule has 13 heavy (non-hydrogen) atoms. The first-order valence-corrected chi connectivity index (χ1v) is 4.90. The van der Waals surface area contributed by atoms with E-state index in [4.69, 9.17) is 5.26 Å². The van der Waals surface area contributed by atoms with Gasteiger partial charge < -0.3 is 0 Å². The molecule has 1 rings (SSSR count). The van der Waals surface area contributed by atoms with Gasteiger partial charge in [0.25, 0.3) is 0 Å². The van der Waals surface area contributed by atoms with Crippen LogP contribution in [0.15, 0.2) is 18.2 Å². The number of halogens is 1. The lowest BCUT2D eigenvalue weighted by atomic mass is 10.1. The Hall–Kier alpha value is -1.14. The van der Waals surface area contributed by atoms with Crippen molar-refractivity contribution in [2.45, 2.75) is 6.92 Å². The van der Waals surface area contributed by atoms with Gasteiger partial charge in [0.1, 0.15) is 0 Å². The molecule has 0 amide bonds. The van der Waals surface area contributed by atoms with Crippen LogP contribution in [0.3, 0.4) is 0 Å². The highest BCUT2D eigenvalue weighted by Gasteiger charge is 2.05. The maximum Gasteiger partial charge on any atom is 0.173 e. The monoisotopic (exact) mass is 237 g/mol. The quantitative estimate of drug-likeness (QED) is 0.586. The van der Waals surface area contributed by atoms with Crippen molar-refractivity contribution in [1.29, 1.82) is 5.26 Å². The molecule has 0 aliphatic rings. The van der Waals surface area contributed by atoms with Gasteiger partial charge in [-0.25, -0.2) is 0 Å². The van der Waals surface area contributed by atoms with Crippen LogP contribution < -0.4 is 0 Å².